The fourth-order valence-corrected chi connectivity index (χ4v) is 4.99. The van der Waals surface area contributed by atoms with E-state index in [-0.39, 0.29) is 5.91 Å². The van der Waals surface area contributed by atoms with Crippen molar-refractivity contribution < 1.29 is 9.21 Å². The Morgan fingerprint density at radius 1 is 1.19 bits per heavy atom. The molecule has 0 unspecified atom stereocenters. The molecule has 0 saturated carbocycles. The third-order valence-electron chi connectivity index (χ3n) is 6.41. The standard InChI is InChI=1S/C23H32N2O2/c1-2-3-12-21-22(18-10-4-5-13-20(18)27-21)23(26)24-16-17-9-8-15-25-14-7-6-11-19(17)25/h4-5,10,13,17,19H,2-3,6-9,11-12,14-16H2,1H3,(H,24,26)/t17-,19+/m0/s1. The van der Waals surface area contributed by atoms with Crippen LogP contribution in [0.2, 0.25) is 0 Å². The first-order valence-corrected chi connectivity index (χ1v) is 10.8. The molecule has 2 fully saturated rings. The summed E-state index contributed by atoms with van der Waals surface area (Å²) in [7, 11) is 0. The lowest BCUT2D eigenvalue weighted by atomic mass is 9.83. The number of nitrogens with zero attached hydrogens (tertiary/aromatic N) is 1. The predicted octanol–water partition coefficient (Wildman–Crippen LogP) is 4.77. The lowest BCUT2D eigenvalue weighted by molar-refractivity contribution is 0.0575. The molecule has 0 aliphatic carbocycles. The van der Waals surface area contributed by atoms with Gasteiger partial charge in [0.2, 0.25) is 0 Å². The van der Waals surface area contributed by atoms with Crippen molar-refractivity contribution in [1.29, 1.82) is 0 Å². The van der Waals surface area contributed by atoms with E-state index in [4.69, 9.17) is 4.42 Å². The number of furan rings is 1. The number of fused-ring (bicyclic) bond motifs is 2. The van der Waals surface area contributed by atoms with Crippen molar-refractivity contribution in [1.82, 2.24) is 10.2 Å². The highest BCUT2D eigenvalue weighted by molar-refractivity contribution is 6.07. The molecule has 4 nitrogen and oxygen atoms in total. The van der Waals surface area contributed by atoms with Crippen LogP contribution in [0.1, 0.15) is 68.0 Å². The zero-order valence-corrected chi connectivity index (χ0v) is 16.5. The van der Waals surface area contributed by atoms with Crippen LogP contribution in [0.25, 0.3) is 11.0 Å². The Morgan fingerprint density at radius 3 is 2.93 bits per heavy atom. The third kappa shape index (κ3) is 3.91. The number of unbranched alkanes of at least 4 members (excludes halogenated alkanes) is 1. The minimum Gasteiger partial charge on any atom is -0.460 e. The number of hydrogen-bond donors (Lipinski definition) is 1. The number of aryl methyl sites for hydroxylation is 1. The smallest absolute Gasteiger partial charge is 0.255 e. The molecule has 4 heteroatoms. The van der Waals surface area contributed by atoms with Crippen LogP contribution >= 0.6 is 0 Å². The number of carbonyl (C=O) groups is 1. The Morgan fingerprint density at radius 2 is 2.04 bits per heavy atom. The number of piperidine rings is 2. The van der Waals surface area contributed by atoms with Crippen molar-refractivity contribution in [2.24, 2.45) is 5.92 Å². The fourth-order valence-electron chi connectivity index (χ4n) is 4.99. The summed E-state index contributed by atoms with van der Waals surface area (Å²) in [5.74, 6) is 1.47. The second-order valence-corrected chi connectivity index (χ2v) is 8.21. The van der Waals surface area contributed by atoms with Gasteiger partial charge < -0.3 is 14.6 Å². The molecule has 0 radical (unpaired) electrons. The first-order chi connectivity index (χ1) is 13.3. The van der Waals surface area contributed by atoms with Crippen LogP contribution in [0.5, 0.6) is 0 Å². The molecule has 3 heterocycles. The first kappa shape index (κ1) is 18.5. The lowest BCUT2D eigenvalue weighted by Gasteiger charge is -2.44. The van der Waals surface area contributed by atoms with Gasteiger partial charge in [0, 0.05) is 24.4 Å². The van der Waals surface area contributed by atoms with Crippen molar-refractivity contribution in [3.05, 3.63) is 35.6 Å². The van der Waals surface area contributed by atoms with Crippen LogP contribution in [0.3, 0.4) is 0 Å². The summed E-state index contributed by atoms with van der Waals surface area (Å²) in [5.41, 5.74) is 1.58. The van der Waals surface area contributed by atoms with Crippen LogP contribution in [0.15, 0.2) is 28.7 Å². The maximum atomic E-state index is 13.1. The fraction of sp³-hybridized carbons (Fsp3) is 0.609. The Balaban J connectivity index is 1.49. The Bertz CT molecular complexity index is 780. The molecule has 0 spiro atoms. The van der Waals surface area contributed by atoms with Gasteiger partial charge in [0.25, 0.3) is 5.91 Å². The summed E-state index contributed by atoms with van der Waals surface area (Å²) in [6.45, 7) is 5.43. The summed E-state index contributed by atoms with van der Waals surface area (Å²) in [6, 6.07) is 8.58. The van der Waals surface area contributed by atoms with Gasteiger partial charge in [-0.05, 0) is 57.2 Å². The second-order valence-electron chi connectivity index (χ2n) is 8.21. The molecule has 4 rings (SSSR count). The highest BCUT2D eigenvalue weighted by Crippen LogP contribution is 2.31. The summed E-state index contributed by atoms with van der Waals surface area (Å²) < 4.78 is 6.03. The average Bonchev–Trinajstić information content (AvgIpc) is 3.08. The second kappa shape index (κ2) is 8.47. The van der Waals surface area contributed by atoms with E-state index in [0.29, 0.717) is 12.0 Å². The van der Waals surface area contributed by atoms with E-state index in [1.165, 1.54) is 45.2 Å². The molecule has 1 aromatic carbocycles. The molecular weight excluding hydrogens is 336 g/mol. The van der Waals surface area contributed by atoms with Crippen molar-refractivity contribution in [3.63, 3.8) is 0 Å². The van der Waals surface area contributed by atoms with E-state index in [1.807, 2.05) is 24.3 Å². The van der Waals surface area contributed by atoms with Crippen LogP contribution in [0, 0.1) is 5.92 Å². The molecule has 1 aromatic heterocycles. The van der Waals surface area contributed by atoms with Crippen molar-refractivity contribution in [2.45, 2.75) is 64.3 Å². The molecule has 27 heavy (non-hydrogen) atoms. The van der Waals surface area contributed by atoms with Gasteiger partial charge in [-0.25, -0.2) is 0 Å². The molecule has 2 aliphatic heterocycles. The summed E-state index contributed by atoms with van der Waals surface area (Å²) in [5, 5.41) is 4.22. The Hall–Kier alpha value is -1.81. The maximum absolute atomic E-state index is 13.1. The zero-order valence-electron chi connectivity index (χ0n) is 16.5. The van der Waals surface area contributed by atoms with E-state index in [0.717, 1.165) is 48.1 Å². The number of hydrogen-bond acceptors (Lipinski definition) is 3. The summed E-state index contributed by atoms with van der Waals surface area (Å²) in [6.07, 6.45) is 9.41. The molecule has 1 N–H and O–H groups in total. The molecular formula is C23H32N2O2. The van der Waals surface area contributed by atoms with Crippen molar-refractivity contribution in [2.75, 3.05) is 19.6 Å². The molecule has 1 amide bonds. The number of benzene rings is 1. The third-order valence-corrected chi connectivity index (χ3v) is 6.41. The monoisotopic (exact) mass is 368 g/mol. The van der Waals surface area contributed by atoms with Crippen LogP contribution < -0.4 is 5.32 Å². The quantitative estimate of drug-likeness (QED) is 0.799. The van der Waals surface area contributed by atoms with Gasteiger partial charge in [-0.1, -0.05) is 38.0 Å². The highest BCUT2D eigenvalue weighted by atomic mass is 16.3. The van der Waals surface area contributed by atoms with E-state index in [2.05, 4.69) is 17.1 Å². The van der Waals surface area contributed by atoms with Crippen LogP contribution in [-0.2, 0) is 6.42 Å². The van der Waals surface area contributed by atoms with Gasteiger partial charge in [-0.15, -0.1) is 0 Å². The summed E-state index contributed by atoms with van der Waals surface area (Å²) in [4.78, 5) is 15.8. The molecule has 0 bridgehead atoms. The zero-order chi connectivity index (χ0) is 18.6. The summed E-state index contributed by atoms with van der Waals surface area (Å²) >= 11 is 0. The van der Waals surface area contributed by atoms with Crippen LogP contribution in [-0.4, -0.2) is 36.5 Å². The van der Waals surface area contributed by atoms with Gasteiger partial charge in [0.1, 0.15) is 11.3 Å². The minimum atomic E-state index is 0.0407. The predicted molar refractivity (Wildman–Crippen MR) is 109 cm³/mol. The molecule has 2 aliphatic rings. The minimum absolute atomic E-state index is 0.0407. The number of amides is 1. The average molecular weight is 369 g/mol. The Labute approximate surface area is 162 Å². The SMILES string of the molecule is CCCCc1oc2ccccc2c1C(=O)NC[C@@H]1CCCN2CCCC[C@H]12. The maximum Gasteiger partial charge on any atom is 0.255 e. The van der Waals surface area contributed by atoms with E-state index in [1.54, 1.807) is 0 Å². The largest absolute Gasteiger partial charge is 0.460 e. The number of para-hydroxylation sites is 1. The highest BCUT2D eigenvalue weighted by Gasteiger charge is 2.33. The number of carbonyl (C=O) groups excluding carboxylic acids is 1. The lowest BCUT2D eigenvalue weighted by Crippen LogP contribution is -2.51. The molecule has 2 aromatic rings. The van der Waals surface area contributed by atoms with E-state index in [9.17, 15) is 4.79 Å². The Kier molecular flexibility index (Phi) is 5.82. The van der Waals surface area contributed by atoms with Crippen molar-refractivity contribution in [3.8, 4) is 0 Å². The molecule has 146 valence electrons. The molecule has 2 atom stereocenters. The number of nitrogens with one attached hydrogen (secondary N) is 1. The topological polar surface area (TPSA) is 45.5 Å². The van der Waals surface area contributed by atoms with Crippen LogP contribution in [0.4, 0.5) is 0 Å². The van der Waals surface area contributed by atoms with Gasteiger partial charge in [0.15, 0.2) is 0 Å². The number of rotatable bonds is 6. The normalized spacial score (nSPS) is 23.3. The van der Waals surface area contributed by atoms with Gasteiger partial charge >= 0.3 is 0 Å². The van der Waals surface area contributed by atoms with Crippen molar-refractivity contribution >= 4 is 16.9 Å². The van der Waals surface area contributed by atoms with E-state index >= 15 is 0 Å². The molecule has 2 saturated heterocycles. The first-order valence-electron chi connectivity index (χ1n) is 10.8. The van der Waals surface area contributed by atoms with Gasteiger partial charge in [-0.3, -0.25) is 4.79 Å². The van der Waals surface area contributed by atoms with Gasteiger partial charge in [-0.2, -0.15) is 0 Å². The van der Waals surface area contributed by atoms with E-state index < -0.39 is 0 Å². The van der Waals surface area contributed by atoms with Gasteiger partial charge in [0.05, 0.1) is 5.56 Å².